The summed E-state index contributed by atoms with van der Waals surface area (Å²) in [6.07, 6.45) is 0.932. The van der Waals surface area contributed by atoms with Crippen LogP contribution in [-0.2, 0) is 0 Å². The lowest BCUT2D eigenvalue weighted by molar-refractivity contribution is 0.172. The van der Waals surface area contributed by atoms with Gasteiger partial charge in [-0.05, 0) is 25.5 Å². The quantitative estimate of drug-likeness (QED) is 0.882. The second-order valence-electron chi connectivity index (χ2n) is 5.24. The average molecular weight is 291 g/mol. The van der Waals surface area contributed by atoms with Gasteiger partial charge in [0.2, 0.25) is 0 Å². The van der Waals surface area contributed by atoms with Crippen molar-refractivity contribution in [3.8, 4) is 11.5 Å². The second kappa shape index (κ2) is 6.11. The molecule has 1 unspecified atom stereocenters. The summed E-state index contributed by atoms with van der Waals surface area (Å²) in [7, 11) is 0. The fraction of sp³-hybridized carbons (Fsp3) is 0.533. The molecule has 2 amide bonds. The Kier molecular flexibility index (Phi) is 4.03. The summed E-state index contributed by atoms with van der Waals surface area (Å²) < 4.78 is 11.4. The number of hydrogen-bond donors (Lipinski definition) is 2. The first-order valence-electron chi connectivity index (χ1n) is 7.46. The summed E-state index contributed by atoms with van der Waals surface area (Å²) >= 11 is 0. The fourth-order valence-electron chi connectivity index (χ4n) is 2.80. The van der Waals surface area contributed by atoms with E-state index in [9.17, 15) is 4.79 Å². The van der Waals surface area contributed by atoms with Gasteiger partial charge in [0.1, 0.15) is 13.2 Å². The number of para-hydroxylation sites is 1. The second-order valence-corrected chi connectivity index (χ2v) is 5.24. The number of amides is 2. The van der Waals surface area contributed by atoms with Gasteiger partial charge in [-0.15, -0.1) is 0 Å². The molecule has 2 aliphatic heterocycles. The lowest BCUT2D eigenvalue weighted by atomic mass is 10.2. The highest BCUT2D eigenvalue weighted by Crippen LogP contribution is 2.40. The van der Waals surface area contributed by atoms with Gasteiger partial charge in [0.25, 0.3) is 0 Å². The first-order valence-corrected chi connectivity index (χ1v) is 7.46. The Morgan fingerprint density at radius 2 is 2.24 bits per heavy atom. The molecule has 0 bridgehead atoms. The number of rotatable bonds is 3. The average Bonchev–Trinajstić information content (AvgIpc) is 2.95. The summed E-state index contributed by atoms with van der Waals surface area (Å²) in [6, 6.07) is 6.02. The van der Waals surface area contributed by atoms with Crippen LogP contribution >= 0.6 is 0 Å². The van der Waals surface area contributed by atoms with Crippen LogP contribution in [0, 0.1) is 0 Å². The number of hydrogen-bond acceptors (Lipinski definition) is 4. The van der Waals surface area contributed by atoms with Crippen molar-refractivity contribution in [3.63, 3.8) is 0 Å². The molecular weight excluding hydrogens is 270 g/mol. The van der Waals surface area contributed by atoms with Gasteiger partial charge in [0, 0.05) is 25.7 Å². The minimum Gasteiger partial charge on any atom is -0.486 e. The summed E-state index contributed by atoms with van der Waals surface area (Å²) in [5.41, 5.74) is 1.05. The fourth-order valence-corrected chi connectivity index (χ4v) is 2.80. The van der Waals surface area contributed by atoms with E-state index in [2.05, 4.69) is 15.5 Å². The lowest BCUT2D eigenvalue weighted by Crippen LogP contribution is -2.43. The zero-order valence-electron chi connectivity index (χ0n) is 12.2. The van der Waals surface area contributed by atoms with Gasteiger partial charge in [-0.3, -0.25) is 0 Å². The SMILES string of the molecule is CCNC(=O)NC1CCN(c2cccc3c2OCCO3)C1. The molecule has 2 aliphatic rings. The summed E-state index contributed by atoms with van der Waals surface area (Å²) in [5.74, 6) is 1.63. The summed E-state index contributed by atoms with van der Waals surface area (Å²) in [4.78, 5) is 13.8. The molecule has 0 aliphatic carbocycles. The van der Waals surface area contributed by atoms with E-state index in [4.69, 9.17) is 9.47 Å². The number of urea groups is 1. The van der Waals surface area contributed by atoms with Crippen molar-refractivity contribution in [2.24, 2.45) is 0 Å². The van der Waals surface area contributed by atoms with Crippen molar-refractivity contribution in [1.29, 1.82) is 0 Å². The predicted molar refractivity (Wildman–Crippen MR) is 80.3 cm³/mol. The van der Waals surface area contributed by atoms with Gasteiger partial charge >= 0.3 is 6.03 Å². The van der Waals surface area contributed by atoms with E-state index in [1.165, 1.54) is 0 Å². The maximum Gasteiger partial charge on any atom is 0.315 e. The molecule has 1 atom stereocenters. The molecule has 1 aromatic rings. The van der Waals surface area contributed by atoms with Gasteiger partial charge in [0.05, 0.1) is 5.69 Å². The third-order valence-electron chi connectivity index (χ3n) is 3.75. The van der Waals surface area contributed by atoms with Crippen LogP contribution in [0.5, 0.6) is 11.5 Å². The van der Waals surface area contributed by atoms with E-state index in [0.29, 0.717) is 19.8 Å². The molecule has 0 saturated carbocycles. The first kappa shape index (κ1) is 13.9. The number of ether oxygens (including phenoxy) is 2. The van der Waals surface area contributed by atoms with Crippen LogP contribution in [0.1, 0.15) is 13.3 Å². The van der Waals surface area contributed by atoms with E-state index in [0.717, 1.165) is 36.7 Å². The Hall–Kier alpha value is -2.11. The molecule has 0 radical (unpaired) electrons. The van der Waals surface area contributed by atoms with Gasteiger partial charge < -0.3 is 25.0 Å². The Bertz CT molecular complexity index is 521. The molecular formula is C15H21N3O3. The van der Waals surface area contributed by atoms with Crippen LogP contribution < -0.4 is 25.0 Å². The highest BCUT2D eigenvalue weighted by molar-refractivity contribution is 5.74. The monoisotopic (exact) mass is 291 g/mol. The molecule has 1 fully saturated rings. The molecule has 3 rings (SSSR count). The zero-order valence-corrected chi connectivity index (χ0v) is 12.2. The molecule has 114 valence electrons. The van der Waals surface area contributed by atoms with Crippen LogP contribution in [0.25, 0.3) is 0 Å². The van der Waals surface area contributed by atoms with Crippen LogP contribution in [0.15, 0.2) is 18.2 Å². The molecule has 6 nitrogen and oxygen atoms in total. The van der Waals surface area contributed by atoms with Gasteiger partial charge in [-0.2, -0.15) is 0 Å². The predicted octanol–water partition coefficient (Wildman–Crippen LogP) is 1.36. The number of carbonyl (C=O) groups excluding carboxylic acids is 1. The Balaban J connectivity index is 1.68. The molecule has 1 saturated heterocycles. The van der Waals surface area contributed by atoms with Crippen molar-refractivity contribution in [1.82, 2.24) is 10.6 Å². The van der Waals surface area contributed by atoms with Crippen LogP contribution in [0.4, 0.5) is 10.5 Å². The maximum absolute atomic E-state index is 11.6. The van der Waals surface area contributed by atoms with Crippen molar-refractivity contribution < 1.29 is 14.3 Å². The van der Waals surface area contributed by atoms with Crippen molar-refractivity contribution >= 4 is 11.7 Å². The number of anilines is 1. The molecule has 21 heavy (non-hydrogen) atoms. The minimum atomic E-state index is -0.0981. The van der Waals surface area contributed by atoms with E-state index in [-0.39, 0.29) is 12.1 Å². The highest BCUT2D eigenvalue weighted by atomic mass is 16.6. The molecule has 0 aromatic heterocycles. The van der Waals surface area contributed by atoms with Gasteiger partial charge in [-0.1, -0.05) is 6.07 Å². The van der Waals surface area contributed by atoms with Gasteiger partial charge in [-0.25, -0.2) is 4.79 Å². The van der Waals surface area contributed by atoms with E-state index < -0.39 is 0 Å². The van der Waals surface area contributed by atoms with Crippen LogP contribution in [0.3, 0.4) is 0 Å². The third-order valence-corrected chi connectivity index (χ3v) is 3.75. The van der Waals surface area contributed by atoms with E-state index >= 15 is 0 Å². The molecule has 2 heterocycles. The number of nitrogens with zero attached hydrogens (tertiary/aromatic N) is 1. The minimum absolute atomic E-state index is 0.0981. The number of carbonyl (C=O) groups is 1. The van der Waals surface area contributed by atoms with Crippen molar-refractivity contribution in [3.05, 3.63) is 18.2 Å². The molecule has 6 heteroatoms. The Morgan fingerprint density at radius 1 is 1.38 bits per heavy atom. The number of fused-ring (bicyclic) bond motifs is 1. The number of nitrogens with one attached hydrogen (secondary N) is 2. The molecule has 2 N–H and O–H groups in total. The highest BCUT2D eigenvalue weighted by Gasteiger charge is 2.27. The first-order chi connectivity index (χ1) is 10.3. The summed E-state index contributed by atoms with van der Waals surface area (Å²) in [5, 5.41) is 5.76. The van der Waals surface area contributed by atoms with E-state index in [1.54, 1.807) is 0 Å². The maximum atomic E-state index is 11.6. The zero-order chi connectivity index (χ0) is 14.7. The Labute approximate surface area is 124 Å². The smallest absolute Gasteiger partial charge is 0.315 e. The third kappa shape index (κ3) is 2.99. The molecule has 0 spiro atoms. The summed E-state index contributed by atoms with van der Waals surface area (Å²) in [6.45, 7) is 5.41. The standard InChI is InChI=1S/C15H21N3O3/c1-2-16-15(19)17-11-6-7-18(10-11)12-4-3-5-13-14(12)21-9-8-20-13/h3-5,11H,2,6-10H2,1H3,(H2,16,17,19). The van der Waals surface area contributed by atoms with E-state index in [1.807, 2.05) is 25.1 Å². The van der Waals surface area contributed by atoms with Crippen LogP contribution in [-0.4, -0.2) is 44.9 Å². The van der Waals surface area contributed by atoms with Crippen molar-refractivity contribution in [2.45, 2.75) is 19.4 Å². The number of benzene rings is 1. The van der Waals surface area contributed by atoms with Crippen LogP contribution in [0.2, 0.25) is 0 Å². The lowest BCUT2D eigenvalue weighted by Gasteiger charge is -2.26. The topological polar surface area (TPSA) is 62.8 Å². The van der Waals surface area contributed by atoms with Gasteiger partial charge in [0.15, 0.2) is 11.5 Å². The van der Waals surface area contributed by atoms with Crippen molar-refractivity contribution in [2.75, 3.05) is 37.7 Å². The largest absolute Gasteiger partial charge is 0.486 e. The molecule has 1 aromatic carbocycles. The normalized spacial score (nSPS) is 20.2. The Morgan fingerprint density at radius 3 is 3.10 bits per heavy atom.